The molecular weight excluding hydrogens is 250 g/mol. The average molecular weight is 273 g/mol. The summed E-state index contributed by atoms with van der Waals surface area (Å²) in [7, 11) is 1.63. The quantitative estimate of drug-likeness (QED) is 0.742. The number of likely N-dealkylation sites (tertiary alicyclic amines) is 1. The van der Waals surface area contributed by atoms with E-state index in [0.29, 0.717) is 13.0 Å². The Bertz CT molecular complexity index is 299. The molecule has 0 aromatic heterocycles. The predicted octanol–water partition coefficient (Wildman–Crippen LogP) is 0.0514. The number of hydrogen-bond acceptors (Lipinski definition) is 4. The summed E-state index contributed by atoms with van der Waals surface area (Å²) in [6, 6.07) is -0.430. The van der Waals surface area contributed by atoms with Gasteiger partial charge < -0.3 is 16.0 Å². The van der Waals surface area contributed by atoms with Gasteiger partial charge in [-0.05, 0) is 31.3 Å². The zero-order valence-electron chi connectivity index (χ0n) is 11.1. The van der Waals surface area contributed by atoms with Crippen molar-refractivity contribution in [2.24, 2.45) is 11.7 Å². The number of nitrogens with two attached hydrogens (primary N) is 1. The lowest BCUT2D eigenvalue weighted by atomic mass is 9.96. The standard InChI is InChI=1S/C12H23N3O2S/c1-14-11(16)9-4-3-6-15(8-9)12(17)10(13)5-7-18-2/h9-10H,3-8,13H2,1-2H3,(H,14,16)/t9?,10-/m1/s1. The van der Waals surface area contributed by atoms with Crippen LogP contribution < -0.4 is 11.1 Å². The van der Waals surface area contributed by atoms with Crippen LogP contribution in [0.25, 0.3) is 0 Å². The van der Waals surface area contributed by atoms with Crippen LogP contribution in [0.2, 0.25) is 0 Å². The molecule has 1 aliphatic rings. The van der Waals surface area contributed by atoms with E-state index < -0.39 is 6.04 Å². The molecule has 1 rings (SSSR count). The molecule has 0 bridgehead atoms. The van der Waals surface area contributed by atoms with Crippen LogP contribution in [0.1, 0.15) is 19.3 Å². The summed E-state index contributed by atoms with van der Waals surface area (Å²) < 4.78 is 0. The van der Waals surface area contributed by atoms with Gasteiger partial charge in [0.05, 0.1) is 12.0 Å². The SMILES string of the molecule is CNC(=O)C1CCCN(C(=O)[C@H](N)CCSC)C1. The number of rotatable bonds is 5. The average Bonchev–Trinajstić information content (AvgIpc) is 2.43. The Hall–Kier alpha value is -0.750. The maximum atomic E-state index is 12.1. The lowest BCUT2D eigenvalue weighted by Gasteiger charge is -2.33. The fourth-order valence-corrected chi connectivity index (χ4v) is 2.69. The third kappa shape index (κ3) is 4.17. The third-order valence-corrected chi connectivity index (χ3v) is 3.94. The first-order chi connectivity index (χ1) is 8.60. The minimum absolute atomic E-state index is 0.0161. The molecule has 0 aromatic rings. The number of hydrogen-bond donors (Lipinski definition) is 2. The van der Waals surface area contributed by atoms with Crippen molar-refractivity contribution in [3.05, 3.63) is 0 Å². The highest BCUT2D eigenvalue weighted by molar-refractivity contribution is 7.98. The Morgan fingerprint density at radius 2 is 2.28 bits per heavy atom. The van der Waals surface area contributed by atoms with E-state index >= 15 is 0 Å². The van der Waals surface area contributed by atoms with E-state index in [2.05, 4.69) is 5.32 Å². The van der Waals surface area contributed by atoms with Gasteiger partial charge in [-0.25, -0.2) is 0 Å². The molecule has 1 heterocycles. The van der Waals surface area contributed by atoms with Crippen LogP contribution in [0.4, 0.5) is 0 Å². The van der Waals surface area contributed by atoms with Crippen molar-refractivity contribution in [3.8, 4) is 0 Å². The van der Waals surface area contributed by atoms with Crippen molar-refractivity contribution in [2.45, 2.75) is 25.3 Å². The molecule has 0 saturated carbocycles. The van der Waals surface area contributed by atoms with Crippen LogP contribution in [0.3, 0.4) is 0 Å². The molecule has 1 fully saturated rings. The second-order valence-corrected chi connectivity index (χ2v) is 5.61. The highest BCUT2D eigenvalue weighted by Gasteiger charge is 2.29. The number of carbonyl (C=O) groups is 2. The molecule has 2 amide bonds. The zero-order valence-corrected chi connectivity index (χ0v) is 12.0. The number of amides is 2. The molecule has 0 aliphatic carbocycles. The summed E-state index contributed by atoms with van der Waals surface area (Å²) in [5, 5.41) is 2.65. The largest absolute Gasteiger partial charge is 0.359 e. The van der Waals surface area contributed by atoms with E-state index in [1.807, 2.05) is 6.26 Å². The van der Waals surface area contributed by atoms with Gasteiger partial charge in [0.15, 0.2) is 0 Å². The molecule has 1 saturated heterocycles. The Morgan fingerprint density at radius 1 is 1.56 bits per heavy atom. The first-order valence-corrected chi connectivity index (χ1v) is 7.74. The van der Waals surface area contributed by atoms with Crippen LogP contribution >= 0.6 is 11.8 Å². The van der Waals surface area contributed by atoms with Gasteiger partial charge in [0, 0.05) is 20.1 Å². The van der Waals surface area contributed by atoms with Gasteiger partial charge >= 0.3 is 0 Å². The fourth-order valence-electron chi connectivity index (χ4n) is 2.20. The smallest absolute Gasteiger partial charge is 0.239 e. The number of carbonyl (C=O) groups excluding carboxylic acids is 2. The van der Waals surface area contributed by atoms with Crippen LogP contribution in [-0.4, -0.2) is 54.9 Å². The van der Waals surface area contributed by atoms with Crippen molar-refractivity contribution in [3.63, 3.8) is 0 Å². The first-order valence-electron chi connectivity index (χ1n) is 6.35. The van der Waals surface area contributed by atoms with Gasteiger partial charge in [0.2, 0.25) is 11.8 Å². The van der Waals surface area contributed by atoms with Gasteiger partial charge in [-0.1, -0.05) is 0 Å². The van der Waals surface area contributed by atoms with E-state index in [1.54, 1.807) is 23.7 Å². The molecule has 1 aliphatic heterocycles. The maximum absolute atomic E-state index is 12.1. The van der Waals surface area contributed by atoms with Gasteiger partial charge in [0.1, 0.15) is 0 Å². The molecule has 5 nitrogen and oxygen atoms in total. The van der Waals surface area contributed by atoms with Crippen molar-refractivity contribution in [2.75, 3.05) is 32.1 Å². The fraction of sp³-hybridized carbons (Fsp3) is 0.833. The minimum atomic E-state index is -0.430. The molecule has 0 radical (unpaired) electrons. The summed E-state index contributed by atoms with van der Waals surface area (Å²) in [6.07, 6.45) is 4.42. The van der Waals surface area contributed by atoms with E-state index in [-0.39, 0.29) is 17.7 Å². The van der Waals surface area contributed by atoms with Crippen molar-refractivity contribution in [1.82, 2.24) is 10.2 Å². The maximum Gasteiger partial charge on any atom is 0.239 e. The summed E-state index contributed by atoms with van der Waals surface area (Å²) in [4.78, 5) is 25.5. The number of thioether (sulfide) groups is 1. The van der Waals surface area contributed by atoms with Crippen LogP contribution in [0.5, 0.6) is 0 Å². The van der Waals surface area contributed by atoms with Crippen LogP contribution in [-0.2, 0) is 9.59 Å². The summed E-state index contributed by atoms with van der Waals surface area (Å²) >= 11 is 1.69. The Morgan fingerprint density at radius 3 is 2.89 bits per heavy atom. The lowest BCUT2D eigenvalue weighted by molar-refractivity contribution is -0.136. The summed E-state index contributed by atoms with van der Waals surface area (Å²) in [5.41, 5.74) is 5.88. The van der Waals surface area contributed by atoms with E-state index in [9.17, 15) is 9.59 Å². The minimum Gasteiger partial charge on any atom is -0.359 e. The normalized spacial score (nSPS) is 21.5. The van der Waals surface area contributed by atoms with Crippen molar-refractivity contribution < 1.29 is 9.59 Å². The highest BCUT2D eigenvalue weighted by atomic mass is 32.2. The number of nitrogens with zero attached hydrogens (tertiary/aromatic N) is 1. The molecule has 104 valence electrons. The molecule has 1 unspecified atom stereocenters. The second kappa shape index (κ2) is 7.63. The monoisotopic (exact) mass is 273 g/mol. The van der Waals surface area contributed by atoms with Gasteiger partial charge in [-0.3, -0.25) is 9.59 Å². The topological polar surface area (TPSA) is 75.4 Å². The molecular formula is C12H23N3O2S. The third-order valence-electron chi connectivity index (χ3n) is 3.30. The highest BCUT2D eigenvalue weighted by Crippen LogP contribution is 2.17. The molecule has 0 aromatic carbocycles. The Kier molecular flexibility index (Phi) is 6.49. The summed E-state index contributed by atoms with van der Waals surface area (Å²) in [6.45, 7) is 1.23. The van der Waals surface area contributed by atoms with Crippen LogP contribution in [0, 0.1) is 5.92 Å². The van der Waals surface area contributed by atoms with Crippen LogP contribution in [0.15, 0.2) is 0 Å². The molecule has 2 atom stereocenters. The van der Waals surface area contributed by atoms with Crippen molar-refractivity contribution in [1.29, 1.82) is 0 Å². The molecule has 18 heavy (non-hydrogen) atoms. The Balaban J connectivity index is 2.50. The Labute approximate surface area is 113 Å². The second-order valence-electron chi connectivity index (χ2n) is 4.63. The predicted molar refractivity (Wildman–Crippen MR) is 74.3 cm³/mol. The molecule has 6 heteroatoms. The van der Waals surface area contributed by atoms with Gasteiger partial charge in [0.25, 0.3) is 0 Å². The molecule has 3 N–H and O–H groups in total. The zero-order chi connectivity index (χ0) is 13.5. The van der Waals surface area contributed by atoms with Gasteiger partial charge in [-0.15, -0.1) is 0 Å². The summed E-state index contributed by atoms with van der Waals surface area (Å²) in [5.74, 6) is 0.808. The first kappa shape index (κ1) is 15.3. The van der Waals surface area contributed by atoms with E-state index in [1.165, 1.54) is 0 Å². The number of piperidine rings is 1. The van der Waals surface area contributed by atoms with Crippen molar-refractivity contribution >= 4 is 23.6 Å². The van der Waals surface area contributed by atoms with E-state index in [4.69, 9.17) is 5.73 Å². The lowest BCUT2D eigenvalue weighted by Crippen LogP contribution is -2.50. The number of nitrogens with one attached hydrogen (secondary N) is 1. The molecule has 0 spiro atoms. The van der Waals surface area contributed by atoms with E-state index in [0.717, 1.165) is 25.1 Å². The van der Waals surface area contributed by atoms with Gasteiger partial charge in [-0.2, -0.15) is 11.8 Å².